The van der Waals surface area contributed by atoms with Crippen LogP contribution in [0.3, 0.4) is 0 Å². The maximum atomic E-state index is 11.3. The van der Waals surface area contributed by atoms with Gasteiger partial charge in [0.1, 0.15) is 0 Å². The average molecular weight is 356 g/mol. The van der Waals surface area contributed by atoms with Gasteiger partial charge in [-0.25, -0.2) is 4.79 Å². The maximum Gasteiger partial charge on any atom is 0.357 e. The summed E-state index contributed by atoms with van der Waals surface area (Å²) in [5.74, 6) is -1.09. The van der Waals surface area contributed by atoms with E-state index in [1.54, 1.807) is 41.1 Å². The number of hydrogen-bond acceptors (Lipinski definition) is 2. The van der Waals surface area contributed by atoms with Crippen LogP contribution in [0.25, 0.3) is 10.9 Å². The third-order valence-electron chi connectivity index (χ3n) is 3.25. The molecule has 0 amide bonds. The van der Waals surface area contributed by atoms with Crippen LogP contribution < -0.4 is 0 Å². The Bertz CT molecular complexity index is 890. The predicted molar refractivity (Wildman–Crippen MR) is 87.3 cm³/mol. The summed E-state index contributed by atoms with van der Waals surface area (Å²) >= 11 is 18.0. The molecule has 112 valence electrons. The van der Waals surface area contributed by atoms with Gasteiger partial charge in [0.2, 0.25) is 0 Å². The van der Waals surface area contributed by atoms with E-state index in [0.29, 0.717) is 32.5 Å². The van der Waals surface area contributed by atoms with Gasteiger partial charge in [0.05, 0.1) is 12.1 Å². The van der Waals surface area contributed by atoms with Crippen molar-refractivity contribution >= 4 is 51.7 Å². The van der Waals surface area contributed by atoms with Gasteiger partial charge in [-0.1, -0.05) is 40.9 Å². The number of nitrogens with zero attached hydrogens (tertiary/aromatic N) is 2. The summed E-state index contributed by atoms with van der Waals surface area (Å²) in [7, 11) is 0. The zero-order chi connectivity index (χ0) is 15.9. The molecular formula is C15H9Cl3N2O2. The van der Waals surface area contributed by atoms with Crippen molar-refractivity contribution in [3.63, 3.8) is 0 Å². The van der Waals surface area contributed by atoms with E-state index in [4.69, 9.17) is 34.8 Å². The quantitative estimate of drug-likeness (QED) is 0.738. The van der Waals surface area contributed by atoms with Gasteiger partial charge in [-0.3, -0.25) is 4.68 Å². The van der Waals surface area contributed by atoms with Crippen LogP contribution in [0.5, 0.6) is 0 Å². The summed E-state index contributed by atoms with van der Waals surface area (Å²) < 4.78 is 1.57. The first kappa shape index (κ1) is 15.2. The number of aromatic nitrogens is 2. The van der Waals surface area contributed by atoms with Gasteiger partial charge < -0.3 is 5.11 Å². The molecule has 0 aliphatic heterocycles. The van der Waals surface area contributed by atoms with Crippen molar-refractivity contribution in [1.82, 2.24) is 9.78 Å². The summed E-state index contributed by atoms with van der Waals surface area (Å²) in [4.78, 5) is 11.3. The van der Waals surface area contributed by atoms with E-state index in [1.165, 1.54) is 0 Å². The maximum absolute atomic E-state index is 11.3. The van der Waals surface area contributed by atoms with E-state index in [1.807, 2.05) is 0 Å². The second kappa shape index (κ2) is 5.80. The van der Waals surface area contributed by atoms with Crippen LogP contribution in [0.2, 0.25) is 15.1 Å². The van der Waals surface area contributed by atoms with Crippen LogP contribution in [0, 0.1) is 0 Å². The van der Waals surface area contributed by atoms with Crippen LogP contribution in [0.15, 0.2) is 36.4 Å². The molecule has 0 saturated carbocycles. The monoisotopic (exact) mass is 354 g/mol. The highest BCUT2D eigenvalue weighted by Crippen LogP contribution is 2.26. The van der Waals surface area contributed by atoms with Gasteiger partial charge in [0.25, 0.3) is 0 Å². The highest BCUT2D eigenvalue weighted by atomic mass is 35.5. The molecule has 4 nitrogen and oxygen atoms in total. The molecule has 0 radical (unpaired) electrons. The summed E-state index contributed by atoms with van der Waals surface area (Å²) in [6, 6.07) is 10.1. The minimum Gasteiger partial charge on any atom is -0.476 e. The normalized spacial score (nSPS) is 11.0. The lowest BCUT2D eigenvalue weighted by Crippen LogP contribution is -2.05. The van der Waals surface area contributed by atoms with E-state index in [0.717, 1.165) is 5.56 Å². The fraction of sp³-hybridized carbons (Fsp3) is 0.0667. The summed E-state index contributed by atoms with van der Waals surface area (Å²) in [6.45, 7) is 0.320. The van der Waals surface area contributed by atoms with Crippen LogP contribution >= 0.6 is 34.8 Å². The van der Waals surface area contributed by atoms with Gasteiger partial charge in [-0.05, 0) is 35.9 Å². The molecule has 1 aromatic heterocycles. The number of hydrogen-bond donors (Lipinski definition) is 1. The Kier molecular flexibility index (Phi) is 4.00. The number of rotatable bonds is 3. The second-order valence-electron chi connectivity index (χ2n) is 4.71. The van der Waals surface area contributed by atoms with Crippen molar-refractivity contribution in [2.45, 2.75) is 6.54 Å². The predicted octanol–water partition coefficient (Wildman–Crippen LogP) is 4.74. The van der Waals surface area contributed by atoms with E-state index >= 15 is 0 Å². The molecule has 7 heteroatoms. The summed E-state index contributed by atoms with van der Waals surface area (Å²) in [5.41, 5.74) is 1.40. The Morgan fingerprint density at radius 1 is 1.09 bits per heavy atom. The molecule has 0 aliphatic rings. The van der Waals surface area contributed by atoms with Crippen molar-refractivity contribution in [1.29, 1.82) is 0 Å². The Balaban J connectivity index is 2.14. The van der Waals surface area contributed by atoms with Crippen molar-refractivity contribution in [2.75, 3.05) is 0 Å². The number of aromatic carboxylic acids is 1. The highest BCUT2D eigenvalue weighted by molar-refractivity contribution is 6.35. The van der Waals surface area contributed by atoms with Crippen molar-refractivity contribution in [3.8, 4) is 0 Å². The molecule has 0 unspecified atom stereocenters. The summed E-state index contributed by atoms with van der Waals surface area (Å²) in [6.07, 6.45) is 0. The van der Waals surface area contributed by atoms with Crippen LogP contribution in [0.1, 0.15) is 16.1 Å². The second-order valence-corrected chi connectivity index (χ2v) is 5.99. The van der Waals surface area contributed by atoms with Crippen molar-refractivity contribution in [3.05, 3.63) is 62.7 Å². The Labute approximate surface area is 140 Å². The topological polar surface area (TPSA) is 55.1 Å². The first-order valence-corrected chi connectivity index (χ1v) is 7.42. The third-order valence-corrected chi connectivity index (χ3v) is 4.07. The average Bonchev–Trinajstić information content (AvgIpc) is 2.80. The third kappa shape index (κ3) is 2.77. The van der Waals surface area contributed by atoms with E-state index < -0.39 is 5.97 Å². The zero-order valence-corrected chi connectivity index (χ0v) is 13.3. The molecule has 22 heavy (non-hydrogen) atoms. The molecule has 0 aliphatic carbocycles. The molecular weight excluding hydrogens is 347 g/mol. The van der Waals surface area contributed by atoms with Gasteiger partial charge in [0.15, 0.2) is 5.69 Å². The van der Waals surface area contributed by atoms with Crippen LogP contribution in [-0.2, 0) is 6.54 Å². The van der Waals surface area contributed by atoms with Crippen molar-refractivity contribution < 1.29 is 9.90 Å². The molecule has 0 saturated heterocycles. The fourth-order valence-electron chi connectivity index (χ4n) is 2.24. The lowest BCUT2D eigenvalue weighted by molar-refractivity contribution is 0.0691. The van der Waals surface area contributed by atoms with Gasteiger partial charge >= 0.3 is 5.97 Å². The molecule has 1 N–H and O–H groups in total. The Hall–Kier alpha value is -1.75. The van der Waals surface area contributed by atoms with Crippen molar-refractivity contribution in [2.24, 2.45) is 0 Å². The SMILES string of the molecule is O=C(O)c1nn(Cc2ccc(Cl)cc2Cl)c2cc(Cl)ccc12. The number of benzene rings is 2. The highest BCUT2D eigenvalue weighted by Gasteiger charge is 2.17. The fourth-order valence-corrected chi connectivity index (χ4v) is 2.87. The van der Waals surface area contributed by atoms with E-state index in [9.17, 15) is 9.90 Å². The first-order valence-electron chi connectivity index (χ1n) is 6.29. The molecule has 0 bridgehead atoms. The number of carboxylic acids is 1. The summed E-state index contributed by atoms with van der Waals surface area (Å²) in [5, 5.41) is 15.5. The Morgan fingerprint density at radius 3 is 2.45 bits per heavy atom. The largest absolute Gasteiger partial charge is 0.476 e. The Morgan fingerprint density at radius 2 is 1.77 bits per heavy atom. The van der Waals surface area contributed by atoms with Crippen LogP contribution in [-0.4, -0.2) is 20.9 Å². The minimum atomic E-state index is -1.09. The lowest BCUT2D eigenvalue weighted by atomic mass is 10.2. The standard InChI is InChI=1S/C15H9Cl3N2O2/c16-9-2-1-8(12(18)5-9)7-20-13-6-10(17)3-4-11(13)14(19-20)15(21)22/h1-6H,7H2,(H,21,22). The molecule has 3 rings (SSSR count). The molecule has 0 spiro atoms. The van der Waals surface area contributed by atoms with E-state index in [-0.39, 0.29) is 5.69 Å². The minimum absolute atomic E-state index is 0.0169. The zero-order valence-electron chi connectivity index (χ0n) is 11.1. The first-order chi connectivity index (χ1) is 10.5. The molecule has 3 aromatic rings. The lowest BCUT2D eigenvalue weighted by Gasteiger charge is -2.06. The number of carbonyl (C=O) groups is 1. The molecule has 0 atom stereocenters. The van der Waals surface area contributed by atoms with Gasteiger partial charge in [-0.2, -0.15) is 5.10 Å². The van der Waals surface area contributed by atoms with E-state index in [2.05, 4.69) is 5.10 Å². The number of halogens is 3. The van der Waals surface area contributed by atoms with Gasteiger partial charge in [0, 0.05) is 20.5 Å². The van der Waals surface area contributed by atoms with Gasteiger partial charge in [-0.15, -0.1) is 0 Å². The molecule has 1 heterocycles. The smallest absolute Gasteiger partial charge is 0.357 e. The number of carboxylic acid groups (broad SMARTS) is 1. The molecule has 0 fully saturated rings. The number of fused-ring (bicyclic) bond motifs is 1. The molecule has 2 aromatic carbocycles. The van der Waals surface area contributed by atoms with Crippen LogP contribution in [0.4, 0.5) is 0 Å².